The van der Waals surface area contributed by atoms with Crippen LogP contribution in [0.1, 0.15) is 117 Å². The van der Waals surface area contributed by atoms with E-state index in [1.54, 1.807) is 0 Å². The largest absolute Gasteiger partial charge is 0.456 e. The van der Waals surface area contributed by atoms with E-state index in [9.17, 15) is 9.59 Å². The van der Waals surface area contributed by atoms with Gasteiger partial charge in [0, 0.05) is 30.4 Å². The number of ether oxygens (including phenoxy) is 4. The van der Waals surface area contributed by atoms with Crippen molar-refractivity contribution in [1.29, 1.82) is 0 Å². The van der Waals surface area contributed by atoms with Crippen molar-refractivity contribution >= 4 is 11.9 Å². The maximum absolute atomic E-state index is 11.8. The van der Waals surface area contributed by atoms with Gasteiger partial charge in [-0.2, -0.15) is 0 Å². The molecule has 0 aliphatic rings. The van der Waals surface area contributed by atoms with Crippen LogP contribution in [-0.2, 0) is 45.2 Å². The molecule has 0 amide bonds. The highest BCUT2D eigenvalue weighted by molar-refractivity contribution is 5.81. The number of benzene rings is 2. The lowest BCUT2D eigenvalue weighted by molar-refractivity contribution is -0.156. The molecule has 6 nitrogen and oxygen atoms in total. The van der Waals surface area contributed by atoms with E-state index < -0.39 is 34.3 Å². The van der Waals surface area contributed by atoms with E-state index in [1.165, 1.54) is 23.3 Å². The van der Waals surface area contributed by atoms with Gasteiger partial charge in [0.05, 0.1) is 24.4 Å². The molecule has 0 spiro atoms. The van der Waals surface area contributed by atoms with Gasteiger partial charge >= 0.3 is 11.9 Å². The first-order valence-corrected chi connectivity index (χ1v) is 16.1. The Kier molecular flexibility index (Phi) is 13.0. The van der Waals surface area contributed by atoms with Crippen molar-refractivity contribution in [2.45, 2.75) is 123 Å². The van der Waals surface area contributed by atoms with E-state index in [4.69, 9.17) is 18.9 Å². The molecule has 0 aliphatic heterocycles. The van der Waals surface area contributed by atoms with Crippen molar-refractivity contribution in [3.63, 3.8) is 0 Å². The molecule has 2 unspecified atom stereocenters. The fraction of sp³-hybridized carbons (Fsp3) is 0.538. The van der Waals surface area contributed by atoms with Crippen LogP contribution in [0.25, 0.3) is 0 Å². The van der Waals surface area contributed by atoms with Crippen molar-refractivity contribution < 1.29 is 28.5 Å². The molecule has 0 radical (unpaired) electrons. The summed E-state index contributed by atoms with van der Waals surface area (Å²) < 4.78 is 23.7. The van der Waals surface area contributed by atoms with Gasteiger partial charge in [-0.15, -0.1) is 0 Å². The molecule has 0 aliphatic carbocycles. The predicted molar refractivity (Wildman–Crippen MR) is 182 cm³/mol. The number of carbonyl (C=O) groups excluding carboxylic acids is 2. The number of rotatable bonds is 18. The molecule has 6 heteroatoms. The van der Waals surface area contributed by atoms with Crippen LogP contribution in [0.4, 0.5) is 0 Å². The molecule has 0 saturated carbocycles. The summed E-state index contributed by atoms with van der Waals surface area (Å²) in [4.78, 5) is 23.4. The average Bonchev–Trinajstić information content (AvgIpc) is 3.00. The summed E-state index contributed by atoms with van der Waals surface area (Å²) in [5, 5.41) is 0. The summed E-state index contributed by atoms with van der Waals surface area (Å²) in [5.74, 6) is -0.840. The normalized spacial score (nSPS) is 15.0. The highest BCUT2D eigenvalue weighted by atomic mass is 16.6. The van der Waals surface area contributed by atoms with Gasteiger partial charge < -0.3 is 18.9 Å². The van der Waals surface area contributed by atoms with Crippen molar-refractivity contribution in [3.05, 3.63) is 96.1 Å². The molecule has 2 aromatic rings. The Bertz CT molecular complexity index is 1290. The first-order chi connectivity index (χ1) is 20.9. The zero-order valence-corrected chi connectivity index (χ0v) is 29.4. The van der Waals surface area contributed by atoms with Gasteiger partial charge in [-0.3, -0.25) is 0 Å². The Morgan fingerprint density at radius 3 is 1.53 bits per heavy atom. The van der Waals surface area contributed by atoms with E-state index in [0.717, 1.165) is 17.5 Å². The Morgan fingerprint density at radius 1 is 0.622 bits per heavy atom. The highest BCUT2D eigenvalue weighted by Crippen LogP contribution is 2.36. The molecular weight excluding hydrogens is 564 g/mol. The van der Waals surface area contributed by atoms with Gasteiger partial charge in [0.2, 0.25) is 0 Å². The van der Waals surface area contributed by atoms with Crippen LogP contribution in [0, 0.1) is 0 Å². The van der Waals surface area contributed by atoms with Crippen LogP contribution in [0.2, 0.25) is 0 Å². The van der Waals surface area contributed by atoms with E-state index in [2.05, 4.69) is 103 Å². The monoisotopic (exact) mass is 620 g/mol. The summed E-state index contributed by atoms with van der Waals surface area (Å²) in [5.41, 5.74) is 2.18. The van der Waals surface area contributed by atoms with Crippen LogP contribution in [0.3, 0.4) is 0 Å². The third-order valence-corrected chi connectivity index (χ3v) is 9.22. The maximum Gasteiger partial charge on any atom is 0.330 e. The van der Waals surface area contributed by atoms with Crippen LogP contribution >= 0.6 is 0 Å². The second-order valence-electron chi connectivity index (χ2n) is 13.9. The Hall–Kier alpha value is -3.22. The van der Waals surface area contributed by atoms with Gasteiger partial charge in [-0.25, -0.2) is 9.59 Å². The lowest BCUT2D eigenvalue weighted by Gasteiger charge is -2.33. The maximum atomic E-state index is 11.8. The second kappa shape index (κ2) is 15.4. The van der Waals surface area contributed by atoms with Crippen LogP contribution < -0.4 is 0 Å². The summed E-state index contributed by atoms with van der Waals surface area (Å²) in [6, 6.07) is 17.3. The fourth-order valence-corrected chi connectivity index (χ4v) is 5.16. The summed E-state index contributed by atoms with van der Waals surface area (Å²) >= 11 is 0. The van der Waals surface area contributed by atoms with Gasteiger partial charge in [-0.1, -0.05) is 89.4 Å². The fourth-order valence-electron chi connectivity index (χ4n) is 5.16. The minimum Gasteiger partial charge on any atom is -0.456 e. The van der Waals surface area contributed by atoms with Crippen LogP contribution in [0.15, 0.2) is 73.8 Å². The van der Waals surface area contributed by atoms with E-state index >= 15 is 0 Å². The Labute approximate surface area is 272 Å². The summed E-state index contributed by atoms with van der Waals surface area (Å²) in [6.07, 6.45) is 5.06. The van der Waals surface area contributed by atoms with Crippen LogP contribution in [0.5, 0.6) is 0 Å². The third kappa shape index (κ3) is 10.4. The first-order valence-electron chi connectivity index (χ1n) is 16.1. The predicted octanol–water partition coefficient (Wildman–Crippen LogP) is 9.09. The molecule has 0 N–H and O–H groups in total. The van der Waals surface area contributed by atoms with E-state index in [1.807, 2.05) is 27.7 Å². The number of hydrogen-bond donors (Lipinski definition) is 0. The lowest BCUT2D eigenvalue weighted by atomic mass is 9.76. The highest BCUT2D eigenvalue weighted by Gasteiger charge is 2.31. The number of esters is 2. The zero-order chi connectivity index (χ0) is 34.1. The second-order valence-corrected chi connectivity index (χ2v) is 13.9. The van der Waals surface area contributed by atoms with Gasteiger partial charge in [-0.05, 0) is 76.6 Å². The number of carbonyl (C=O) groups is 2. The molecule has 0 aromatic heterocycles. The molecule has 2 rings (SSSR count). The van der Waals surface area contributed by atoms with Crippen molar-refractivity contribution in [1.82, 2.24) is 0 Å². The molecule has 45 heavy (non-hydrogen) atoms. The van der Waals surface area contributed by atoms with Crippen LogP contribution in [-0.4, -0.2) is 36.4 Å². The first kappa shape index (κ1) is 38.0. The van der Waals surface area contributed by atoms with Crippen molar-refractivity contribution in [2.75, 3.05) is 13.2 Å². The standard InChI is InChI=1S/C39H56O6/c1-13-33(40)44-35(5,6)25-27-43-39(12,16-4)32-23-19-30(20-24-32)36(7,8)29-17-21-31(22-18-29)37(9,10)42-28-26-38(11,15-3)45-34(41)14-2/h13-14,17-24H,1-2,15-16,25-28H2,3-12H3. The minimum absolute atomic E-state index is 0.220. The smallest absolute Gasteiger partial charge is 0.330 e. The van der Waals surface area contributed by atoms with Crippen molar-refractivity contribution in [3.8, 4) is 0 Å². The SMILES string of the molecule is C=CC(=O)OC(C)(C)CCOC(C)(CC)c1ccc(C(C)(C)c2ccc(C(C)(C)OCCC(C)(CC)OC(=O)C=C)cc2)cc1. The lowest BCUT2D eigenvalue weighted by Crippen LogP contribution is -2.33. The molecule has 2 atom stereocenters. The molecule has 0 saturated heterocycles. The third-order valence-electron chi connectivity index (χ3n) is 9.22. The van der Waals surface area contributed by atoms with E-state index in [0.29, 0.717) is 32.5 Å². The summed E-state index contributed by atoms with van der Waals surface area (Å²) in [7, 11) is 0. The zero-order valence-electron chi connectivity index (χ0n) is 29.4. The summed E-state index contributed by atoms with van der Waals surface area (Å²) in [6.45, 7) is 28.4. The Balaban J connectivity index is 2.10. The quantitative estimate of drug-likeness (QED) is 0.122. The van der Waals surface area contributed by atoms with Gasteiger partial charge in [0.25, 0.3) is 0 Å². The van der Waals surface area contributed by atoms with Crippen molar-refractivity contribution in [2.24, 2.45) is 0 Å². The molecule has 0 heterocycles. The van der Waals surface area contributed by atoms with Gasteiger partial charge in [0.1, 0.15) is 11.2 Å². The molecule has 248 valence electrons. The Morgan fingerprint density at radius 2 is 1.07 bits per heavy atom. The minimum atomic E-state index is -0.636. The average molecular weight is 621 g/mol. The topological polar surface area (TPSA) is 71.1 Å². The molecule has 0 fully saturated rings. The molecule has 0 bridgehead atoms. The molecule has 2 aromatic carbocycles. The van der Waals surface area contributed by atoms with E-state index in [-0.39, 0.29) is 5.41 Å². The molecular formula is C39H56O6. The van der Waals surface area contributed by atoms with Gasteiger partial charge in [0.15, 0.2) is 0 Å². The number of hydrogen-bond acceptors (Lipinski definition) is 6.